The largest absolute Gasteiger partial charge is 0.374 e. The average molecular weight is 143 g/mol. The molecule has 0 aliphatic carbocycles. The van der Waals surface area contributed by atoms with Gasteiger partial charge < -0.3 is 4.90 Å². The van der Waals surface area contributed by atoms with E-state index in [4.69, 9.17) is 0 Å². The van der Waals surface area contributed by atoms with Crippen LogP contribution in [0.5, 0.6) is 0 Å². The molecule has 1 nitrogen and oxygen atoms in total. The van der Waals surface area contributed by atoms with E-state index < -0.39 is 0 Å². The Bertz CT molecular complexity index is 129. The maximum absolute atomic E-state index is 2.31. The van der Waals surface area contributed by atoms with Crippen molar-refractivity contribution in [3.8, 4) is 0 Å². The molecule has 0 aromatic rings. The monoisotopic (exact) mass is 143 g/mol. The first-order chi connectivity index (χ1) is 4.43. The number of halogens is 1. The fourth-order valence-electron chi connectivity index (χ4n) is 0.960. The maximum Gasteiger partial charge on any atom is 0.0357 e. The summed E-state index contributed by atoms with van der Waals surface area (Å²) in [5.74, 6) is 0. The van der Waals surface area contributed by atoms with E-state index in [-0.39, 0.29) is 4.70 Å². The van der Waals surface area contributed by atoms with Gasteiger partial charge in [-0.25, -0.2) is 0 Å². The number of hydrogen-bond donors (Lipinski definition) is 0. The fourth-order valence-corrected chi connectivity index (χ4v) is 0.960. The Hall–Kier alpha value is -0.790. The summed E-state index contributed by atoms with van der Waals surface area (Å²) < 4.78 is 0. The lowest BCUT2D eigenvalue weighted by atomic mass is 10.3. The lowest BCUT2D eigenvalue weighted by Crippen LogP contribution is -2.19. The predicted octanol–water partition coefficient (Wildman–Crippen LogP) is 1.93. The van der Waals surface area contributed by atoms with Crippen molar-refractivity contribution in [2.75, 3.05) is 13.1 Å². The second-order valence-electron chi connectivity index (χ2n) is 2.26. The molecule has 2 heteroatoms. The molecule has 0 unspecified atom stereocenters. The second kappa shape index (κ2) is 5.03. The highest BCUT2D eigenvalue weighted by molar-refractivity contribution is 5.08. The highest BCUT2D eigenvalue weighted by atomic mass is 19.0. The topological polar surface area (TPSA) is 3.24 Å². The molecule has 0 radical (unpaired) electrons. The lowest BCUT2D eigenvalue weighted by Gasteiger charge is -2.18. The molecule has 0 saturated heterocycles. The van der Waals surface area contributed by atoms with E-state index >= 15 is 0 Å². The summed E-state index contributed by atoms with van der Waals surface area (Å²) in [4.78, 5) is 2.31. The SMILES string of the molecule is CCCN1C=CC=CC1.F. The molecule has 0 aromatic carbocycles. The van der Waals surface area contributed by atoms with E-state index in [0.29, 0.717) is 0 Å². The van der Waals surface area contributed by atoms with E-state index in [1.54, 1.807) is 0 Å². The Balaban J connectivity index is 0.000000810. The second-order valence-corrected chi connectivity index (χ2v) is 2.26. The Labute approximate surface area is 61.4 Å². The van der Waals surface area contributed by atoms with Crippen molar-refractivity contribution >= 4 is 0 Å². The van der Waals surface area contributed by atoms with E-state index in [9.17, 15) is 0 Å². The van der Waals surface area contributed by atoms with Gasteiger partial charge in [-0.05, 0) is 18.7 Å². The third-order valence-electron chi connectivity index (χ3n) is 1.39. The zero-order chi connectivity index (χ0) is 6.53. The lowest BCUT2D eigenvalue weighted by molar-refractivity contribution is 0.411. The van der Waals surface area contributed by atoms with Gasteiger partial charge in [0, 0.05) is 13.1 Å². The zero-order valence-electron chi connectivity index (χ0n) is 6.29. The summed E-state index contributed by atoms with van der Waals surface area (Å²) >= 11 is 0. The minimum absolute atomic E-state index is 0. The van der Waals surface area contributed by atoms with Crippen LogP contribution in [-0.4, -0.2) is 18.0 Å². The van der Waals surface area contributed by atoms with Crippen LogP contribution in [-0.2, 0) is 0 Å². The first-order valence-corrected chi connectivity index (χ1v) is 3.51. The molecule has 0 fully saturated rings. The Kier molecular flexibility index (Phi) is 4.63. The van der Waals surface area contributed by atoms with Crippen LogP contribution in [0.2, 0.25) is 0 Å². The van der Waals surface area contributed by atoms with Crippen molar-refractivity contribution in [1.29, 1.82) is 0 Å². The molecule has 0 atom stereocenters. The van der Waals surface area contributed by atoms with Gasteiger partial charge in [-0.2, -0.15) is 0 Å². The molecule has 0 spiro atoms. The molecule has 0 amide bonds. The van der Waals surface area contributed by atoms with Crippen molar-refractivity contribution < 1.29 is 4.70 Å². The molecule has 0 bridgehead atoms. The minimum atomic E-state index is 0. The van der Waals surface area contributed by atoms with E-state index in [1.807, 2.05) is 0 Å². The van der Waals surface area contributed by atoms with Gasteiger partial charge in [0.05, 0.1) is 0 Å². The molecule has 1 rings (SSSR count). The Morgan fingerprint density at radius 3 is 2.70 bits per heavy atom. The van der Waals surface area contributed by atoms with Crippen LogP contribution in [0, 0.1) is 0 Å². The number of allylic oxidation sites excluding steroid dienone is 2. The van der Waals surface area contributed by atoms with E-state index in [1.165, 1.54) is 13.0 Å². The fraction of sp³-hybridized carbons (Fsp3) is 0.500. The van der Waals surface area contributed by atoms with Gasteiger partial charge >= 0.3 is 0 Å². The Morgan fingerprint density at radius 2 is 2.20 bits per heavy atom. The van der Waals surface area contributed by atoms with Crippen LogP contribution in [0.1, 0.15) is 13.3 Å². The Morgan fingerprint density at radius 1 is 1.40 bits per heavy atom. The smallest absolute Gasteiger partial charge is 0.0357 e. The maximum atomic E-state index is 2.31. The molecule has 1 aliphatic rings. The van der Waals surface area contributed by atoms with Crippen LogP contribution in [0.4, 0.5) is 4.70 Å². The first-order valence-electron chi connectivity index (χ1n) is 3.51. The predicted molar refractivity (Wildman–Crippen MR) is 42.6 cm³/mol. The third-order valence-corrected chi connectivity index (χ3v) is 1.39. The minimum Gasteiger partial charge on any atom is -0.374 e. The summed E-state index contributed by atoms with van der Waals surface area (Å²) in [5.41, 5.74) is 0. The van der Waals surface area contributed by atoms with Crippen LogP contribution in [0.3, 0.4) is 0 Å². The van der Waals surface area contributed by atoms with Crippen molar-refractivity contribution in [3.63, 3.8) is 0 Å². The summed E-state index contributed by atoms with van der Waals surface area (Å²) in [6.45, 7) is 4.47. The first kappa shape index (κ1) is 9.21. The summed E-state index contributed by atoms with van der Waals surface area (Å²) in [6.07, 6.45) is 9.72. The van der Waals surface area contributed by atoms with Gasteiger partial charge in [-0.15, -0.1) is 0 Å². The zero-order valence-corrected chi connectivity index (χ0v) is 6.29. The molecular weight excluding hydrogens is 129 g/mol. The standard InChI is InChI=1S/C8H13N.FH/c1-2-6-9-7-4-3-5-8-9;/h3-5,7H,2,6,8H2,1H3;1H. The van der Waals surface area contributed by atoms with Crippen molar-refractivity contribution in [3.05, 3.63) is 24.4 Å². The number of hydrogen-bond acceptors (Lipinski definition) is 1. The van der Waals surface area contributed by atoms with E-state index in [2.05, 4.69) is 36.3 Å². The summed E-state index contributed by atoms with van der Waals surface area (Å²) in [5, 5.41) is 0. The molecule has 1 aliphatic heterocycles. The van der Waals surface area contributed by atoms with Crippen molar-refractivity contribution in [2.24, 2.45) is 0 Å². The van der Waals surface area contributed by atoms with Crippen LogP contribution in [0.25, 0.3) is 0 Å². The van der Waals surface area contributed by atoms with Crippen molar-refractivity contribution in [1.82, 2.24) is 4.90 Å². The van der Waals surface area contributed by atoms with Gasteiger partial charge in [-0.1, -0.05) is 19.1 Å². The van der Waals surface area contributed by atoms with Crippen molar-refractivity contribution in [2.45, 2.75) is 13.3 Å². The highest BCUT2D eigenvalue weighted by Gasteiger charge is 1.94. The van der Waals surface area contributed by atoms with Gasteiger partial charge in [-0.3, -0.25) is 4.70 Å². The van der Waals surface area contributed by atoms with Crippen LogP contribution >= 0.6 is 0 Å². The van der Waals surface area contributed by atoms with Crippen LogP contribution < -0.4 is 0 Å². The molecule has 0 aromatic heterocycles. The number of nitrogens with zero attached hydrogens (tertiary/aromatic N) is 1. The molecule has 10 heavy (non-hydrogen) atoms. The molecule has 1 heterocycles. The van der Waals surface area contributed by atoms with E-state index in [0.717, 1.165) is 6.54 Å². The highest BCUT2D eigenvalue weighted by Crippen LogP contribution is 1.98. The van der Waals surface area contributed by atoms with Gasteiger partial charge in [0.2, 0.25) is 0 Å². The average Bonchev–Trinajstić information content (AvgIpc) is 1.91. The molecule has 0 saturated carbocycles. The molecule has 0 N–H and O–H groups in total. The summed E-state index contributed by atoms with van der Waals surface area (Å²) in [7, 11) is 0. The summed E-state index contributed by atoms with van der Waals surface area (Å²) in [6, 6.07) is 0. The van der Waals surface area contributed by atoms with Crippen LogP contribution in [0.15, 0.2) is 24.4 Å². The van der Waals surface area contributed by atoms with Gasteiger partial charge in [0.25, 0.3) is 0 Å². The molecular formula is C8H14FN. The van der Waals surface area contributed by atoms with Gasteiger partial charge in [0.15, 0.2) is 0 Å². The van der Waals surface area contributed by atoms with Gasteiger partial charge in [0.1, 0.15) is 0 Å². The number of rotatable bonds is 2. The molecule has 58 valence electrons. The normalized spacial score (nSPS) is 15.1. The quantitative estimate of drug-likeness (QED) is 0.571. The third kappa shape index (κ3) is 2.67.